The highest BCUT2D eigenvalue weighted by Gasteiger charge is 2.53. The normalized spacial score (nSPS) is 32.6. The van der Waals surface area contributed by atoms with E-state index in [1.165, 1.54) is 51.3 Å². The zero-order valence-corrected chi connectivity index (χ0v) is 35.0. The van der Waals surface area contributed by atoms with E-state index in [-0.39, 0.29) is 22.6 Å². The smallest absolute Gasteiger partial charge is 0.331 e. The molecular formula is C43H48O23. The van der Waals surface area contributed by atoms with E-state index in [9.17, 15) is 70.9 Å². The van der Waals surface area contributed by atoms with Crippen molar-refractivity contribution in [2.24, 2.45) is 0 Å². The Morgan fingerprint density at radius 3 is 2.05 bits per heavy atom. The molecule has 3 aromatic carbocycles. The van der Waals surface area contributed by atoms with Gasteiger partial charge >= 0.3 is 5.97 Å². The number of rotatable bonds is 12. The molecule has 23 nitrogen and oxygen atoms in total. The minimum atomic E-state index is -2.12. The molecule has 0 unspecified atom stereocenters. The number of ether oxygens (including phenoxy) is 8. The van der Waals surface area contributed by atoms with Crippen LogP contribution in [0.4, 0.5) is 0 Å². The minimum absolute atomic E-state index is 0.113. The number of benzene rings is 3. The van der Waals surface area contributed by atoms with Crippen molar-refractivity contribution >= 4 is 23.0 Å². The standard InChI is InChI=1S/C43H48O23/c1-15-29(50)33(54)36(57)41(60-15)66-40-35(56)31(52)26(14-59-42-39(34(55)30(51)16(2)61-42)64-27(49)9-5-17-4-7-21(46)24(10-17)58-3)63-43(40)65-38-32(53)28-23(48)12-19(44)13-25(28)62-37(38)18-6-8-20(45)22(47)11-18/h4-13,15-16,26,29-31,33-36,39-48,50-52,54-57H,14H2,1-3H3/t15-,16-,26+,29-,30-,31-,33+,34+,35-,36+,39+,40+,41-,42+,43-/m0/s1. The second-order valence-electron chi connectivity index (χ2n) is 15.7. The number of hydrogen-bond donors (Lipinski definition) is 12. The van der Waals surface area contributed by atoms with Crippen molar-refractivity contribution in [3.63, 3.8) is 0 Å². The average molecular weight is 933 g/mol. The van der Waals surface area contributed by atoms with Crippen molar-refractivity contribution in [2.45, 2.75) is 106 Å². The van der Waals surface area contributed by atoms with Gasteiger partial charge in [0, 0.05) is 23.8 Å². The van der Waals surface area contributed by atoms with E-state index in [0.717, 1.165) is 30.3 Å². The topological polar surface area (TPSA) is 364 Å². The van der Waals surface area contributed by atoms with Gasteiger partial charge in [-0.2, -0.15) is 0 Å². The first kappa shape index (κ1) is 48.1. The monoisotopic (exact) mass is 932 g/mol. The molecule has 3 aliphatic heterocycles. The first-order valence-corrected chi connectivity index (χ1v) is 20.2. The van der Waals surface area contributed by atoms with E-state index in [4.69, 9.17) is 42.3 Å². The van der Waals surface area contributed by atoms with Gasteiger partial charge in [0.05, 0.1) is 25.9 Å². The molecule has 12 N–H and O–H groups in total. The van der Waals surface area contributed by atoms with Crippen molar-refractivity contribution in [2.75, 3.05) is 13.7 Å². The molecule has 3 aliphatic rings. The van der Waals surface area contributed by atoms with Crippen LogP contribution >= 0.6 is 0 Å². The highest BCUT2D eigenvalue weighted by atomic mass is 16.8. The molecule has 4 aromatic rings. The predicted octanol–water partition coefficient (Wildman–Crippen LogP) is -0.857. The van der Waals surface area contributed by atoms with Gasteiger partial charge in [-0.3, -0.25) is 4.79 Å². The summed E-state index contributed by atoms with van der Waals surface area (Å²) in [6.45, 7) is 1.92. The molecule has 7 rings (SSSR count). The summed E-state index contributed by atoms with van der Waals surface area (Å²) >= 11 is 0. The molecule has 0 amide bonds. The first-order valence-electron chi connectivity index (χ1n) is 20.2. The van der Waals surface area contributed by atoms with E-state index >= 15 is 0 Å². The second-order valence-corrected chi connectivity index (χ2v) is 15.7. The van der Waals surface area contributed by atoms with Crippen LogP contribution in [0.5, 0.6) is 40.2 Å². The largest absolute Gasteiger partial charge is 0.508 e. The number of phenolic OH excluding ortho intramolecular Hbond substituents is 5. The van der Waals surface area contributed by atoms with Gasteiger partial charge in [0.2, 0.25) is 17.5 Å². The molecule has 0 radical (unpaired) electrons. The first-order chi connectivity index (χ1) is 31.3. The summed E-state index contributed by atoms with van der Waals surface area (Å²) in [5.41, 5.74) is -1.24. The van der Waals surface area contributed by atoms with Crippen molar-refractivity contribution < 1.29 is 108 Å². The summed E-state index contributed by atoms with van der Waals surface area (Å²) in [6.07, 6.45) is -24.0. The van der Waals surface area contributed by atoms with Gasteiger partial charge in [-0.25, -0.2) is 4.79 Å². The van der Waals surface area contributed by atoms with Crippen LogP contribution in [-0.2, 0) is 33.2 Å². The molecule has 358 valence electrons. The Morgan fingerprint density at radius 2 is 1.35 bits per heavy atom. The van der Waals surface area contributed by atoms with E-state index in [2.05, 4.69) is 0 Å². The zero-order valence-electron chi connectivity index (χ0n) is 35.0. The Bertz CT molecular complexity index is 2470. The molecular weight excluding hydrogens is 884 g/mol. The number of aliphatic hydroxyl groups excluding tert-OH is 7. The Hall–Kier alpha value is -5.80. The van der Waals surface area contributed by atoms with Crippen LogP contribution < -0.4 is 14.9 Å². The summed E-state index contributed by atoms with van der Waals surface area (Å²) in [7, 11) is 1.33. The fraction of sp³-hybridized carbons (Fsp3) is 0.442. The number of carbonyl (C=O) groups excluding carboxylic acids is 1. The highest BCUT2D eigenvalue weighted by Crippen LogP contribution is 2.40. The third-order valence-electron chi connectivity index (χ3n) is 11.2. The van der Waals surface area contributed by atoms with Gasteiger partial charge in [0.1, 0.15) is 71.3 Å². The van der Waals surface area contributed by atoms with Gasteiger partial charge in [0.25, 0.3) is 0 Å². The maximum atomic E-state index is 14.3. The highest BCUT2D eigenvalue weighted by molar-refractivity contribution is 5.89. The van der Waals surface area contributed by atoms with Crippen LogP contribution in [0.3, 0.4) is 0 Å². The number of esters is 1. The predicted molar refractivity (Wildman–Crippen MR) is 219 cm³/mol. The number of phenols is 5. The third-order valence-corrected chi connectivity index (χ3v) is 11.2. The van der Waals surface area contributed by atoms with E-state index in [1.807, 2.05) is 0 Å². The van der Waals surface area contributed by atoms with Gasteiger partial charge < -0.3 is 104 Å². The van der Waals surface area contributed by atoms with Crippen LogP contribution in [0, 0.1) is 0 Å². The lowest BCUT2D eigenvalue weighted by atomic mass is 9.97. The lowest BCUT2D eigenvalue weighted by molar-refractivity contribution is -0.360. The van der Waals surface area contributed by atoms with E-state index in [0.29, 0.717) is 5.56 Å². The Morgan fingerprint density at radius 1 is 0.682 bits per heavy atom. The Labute approximate surface area is 372 Å². The van der Waals surface area contributed by atoms with E-state index in [1.54, 1.807) is 0 Å². The lowest BCUT2D eigenvalue weighted by Crippen LogP contribution is -2.65. The second kappa shape index (κ2) is 19.6. The molecule has 0 aliphatic carbocycles. The van der Waals surface area contributed by atoms with Gasteiger partial charge in [-0.15, -0.1) is 0 Å². The number of methoxy groups -OCH3 is 1. The fourth-order valence-electron chi connectivity index (χ4n) is 7.50. The van der Waals surface area contributed by atoms with Gasteiger partial charge in [0.15, 0.2) is 53.5 Å². The average Bonchev–Trinajstić information content (AvgIpc) is 3.28. The lowest BCUT2D eigenvalue weighted by Gasteiger charge is -2.46. The Kier molecular flexibility index (Phi) is 14.3. The quantitative estimate of drug-likeness (QED) is 0.0467. The number of hydrogen-bond acceptors (Lipinski definition) is 23. The Balaban J connectivity index is 1.21. The van der Waals surface area contributed by atoms with Crippen LogP contribution in [0.15, 0.2) is 63.8 Å². The van der Waals surface area contributed by atoms with E-state index < -0.39 is 150 Å². The fourth-order valence-corrected chi connectivity index (χ4v) is 7.50. The molecule has 66 heavy (non-hydrogen) atoms. The summed E-state index contributed by atoms with van der Waals surface area (Å²) in [4.78, 5) is 27.3. The molecule has 23 heteroatoms. The maximum absolute atomic E-state index is 14.3. The molecule has 0 bridgehead atoms. The van der Waals surface area contributed by atoms with Crippen LogP contribution in [0.25, 0.3) is 28.4 Å². The van der Waals surface area contributed by atoms with Gasteiger partial charge in [-0.05, 0) is 55.8 Å². The molecule has 0 saturated carbocycles. The minimum Gasteiger partial charge on any atom is -0.508 e. The molecule has 1 aromatic heterocycles. The number of fused-ring (bicyclic) bond motifs is 1. The van der Waals surface area contributed by atoms with Crippen molar-refractivity contribution in [1.82, 2.24) is 0 Å². The SMILES string of the molecule is COc1cc(C=CC(=O)O[C@H]2[C@H](OC[C@H]3O[C@@H](Oc4c(-c5ccc(O)c(O)c5)oc5cc(O)cc(O)c5c4=O)[C@H](O[C@@H]4O[C@@H](C)[C@H](O)[C@@H](O)[C@H]4O)[C@@H](O)[C@H]3O)O[C@@H](C)[C@H](O)[C@H]2O)ccc1O. The molecule has 15 atom stereocenters. The summed E-state index contributed by atoms with van der Waals surface area (Å²) < 4.78 is 51.6. The maximum Gasteiger partial charge on any atom is 0.331 e. The molecule has 3 saturated heterocycles. The third kappa shape index (κ3) is 9.69. The van der Waals surface area contributed by atoms with Crippen LogP contribution in [0.2, 0.25) is 0 Å². The molecule has 4 heterocycles. The number of aromatic hydroxyl groups is 5. The summed E-state index contributed by atoms with van der Waals surface area (Å²) in [5, 5.41) is 127. The number of aliphatic hydroxyl groups is 7. The van der Waals surface area contributed by atoms with Crippen molar-refractivity contribution in [3.05, 3.63) is 70.4 Å². The molecule has 3 fully saturated rings. The van der Waals surface area contributed by atoms with Crippen LogP contribution in [-0.4, -0.2) is 173 Å². The zero-order chi connectivity index (χ0) is 47.9. The number of carbonyl (C=O) groups is 1. The summed E-state index contributed by atoms with van der Waals surface area (Å²) in [5.74, 6) is -4.95. The van der Waals surface area contributed by atoms with Crippen LogP contribution in [0.1, 0.15) is 19.4 Å². The molecule has 0 spiro atoms. The summed E-state index contributed by atoms with van der Waals surface area (Å²) in [6, 6.07) is 9.23. The van der Waals surface area contributed by atoms with Crippen molar-refractivity contribution in [3.8, 4) is 51.6 Å². The van der Waals surface area contributed by atoms with Crippen molar-refractivity contribution in [1.29, 1.82) is 0 Å². The van der Waals surface area contributed by atoms with Gasteiger partial charge in [-0.1, -0.05) is 6.07 Å².